The highest BCUT2D eigenvalue weighted by atomic mass is 19.1. The highest BCUT2D eigenvalue weighted by molar-refractivity contribution is 5.53. The molecule has 0 aliphatic carbocycles. The molecule has 0 aliphatic heterocycles. The third-order valence-corrected chi connectivity index (χ3v) is 2.81. The minimum Gasteiger partial charge on any atom is -0.358 e. The Morgan fingerprint density at radius 2 is 2.05 bits per heavy atom. The number of nitrogens with zero attached hydrogens (tertiary/aromatic N) is 3. The molecule has 1 atom stereocenters. The van der Waals surface area contributed by atoms with E-state index in [1.807, 2.05) is 6.92 Å². The minimum absolute atomic E-state index is 0.199. The molecule has 0 saturated carbocycles. The van der Waals surface area contributed by atoms with Crippen molar-refractivity contribution in [2.45, 2.75) is 13.0 Å². The lowest BCUT2D eigenvalue weighted by Crippen LogP contribution is -2.10. The number of hydrogen-bond acceptors (Lipinski definition) is 4. The first-order chi connectivity index (χ1) is 8.99. The van der Waals surface area contributed by atoms with Crippen LogP contribution in [-0.2, 0) is 7.05 Å². The van der Waals surface area contributed by atoms with Crippen LogP contribution in [0.3, 0.4) is 0 Å². The molecule has 7 heteroatoms. The first-order valence-electron chi connectivity index (χ1n) is 5.66. The van der Waals surface area contributed by atoms with Crippen LogP contribution in [0.15, 0.2) is 30.6 Å². The van der Waals surface area contributed by atoms with Crippen LogP contribution >= 0.6 is 0 Å². The number of nitro groups is 1. The predicted octanol–water partition coefficient (Wildman–Crippen LogP) is 2.64. The monoisotopic (exact) mass is 264 g/mol. The molecular weight excluding hydrogens is 251 g/mol. The van der Waals surface area contributed by atoms with Crippen molar-refractivity contribution >= 4 is 11.6 Å². The molecule has 0 aliphatic rings. The van der Waals surface area contributed by atoms with Crippen LogP contribution < -0.4 is 5.32 Å². The fourth-order valence-electron chi connectivity index (χ4n) is 1.76. The molecule has 0 saturated heterocycles. The molecule has 1 unspecified atom stereocenters. The molecule has 1 aromatic heterocycles. The third kappa shape index (κ3) is 2.70. The second-order valence-corrected chi connectivity index (χ2v) is 4.20. The maximum atomic E-state index is 12.8. The zero-order valence-corrected chi connectivity index (χ0v) is 10.5. The van der Waals surface area contributed by atoms with E-state index in [-0.39, 0.29) is 17.7 Å². The molecule has 0 radical (unpaired) electrons. The summed E-state index contributed by atoms with van der Waals surface area (Å²) in [4.78, 5) is 14.0. The number of hydrogen-bond donors (Lipinski definition) is 1. The van der Waals surface area contributed by atoms with Crippen LogP contribution in [0, 0.1) is 15.9 Å². The van der Waals surface area contributed by atoms with Crippen molar-refractivity contribution in [3.63, 3.8) is 0 Å². The van der Waals surface area contributed by atoms with Gasteiger partial charge in [-0.25, -0.2) is 4.39 Å². The van der Waals surface area contributed by atoms with E-state index in [2.05, 4.69) is 10.3 Å². The van der Waals surface area contributed by atoms with Gasteiger partial charge in [-0.2, -0.15) is 0 Å². The second-order valence-electron chi connectivity index (χ2n) is 4.20. The van der Waals surface area contributed by atoms with Gasteiger partial charge in [0.2, 0.25) is 12.1 Å². The topological polar surface area (TPSA) is 73.0 Å². The molecule has 19 heavy (non-hydrogen) atoms. The lowest BCUT2D eigenvalue weighted by Gasteiger charge is -2.15. The lowest BCUT2D eigenvalue weighted by molar-refractivity contribution is -0.388. The second kappa shape index (κ2) is 5.05. The van der Waals surface area contributed by atoms with E-state index in [4.69, 9.17) is 0 Å². The van der Waals surface area contributed by atoms with Gasteiger partial charge in [0.25, 0.3) is 0 Å². The molecule has 0 spiro atoms. The van der Waals surface area contributed by atoms with Crippen molar-refractivity contribution in [2.24, 2.45) is 7.05 Å². The van der Waals surface area contributed by atoms with Crippen molar-refractivity contribution in [1.82, 2.24) is 9.55 Å². The van der Waals surface area contributed by atoms with Crippen LogP contribution in [0.4, 0.5) is 16.0 Å². The van der Waals surface area contributed by atoms with E-state index >= 15 is 0 Å². The number of aromatic nitrogens is 2. The Labute approximate surface area is 109 Å². The van der Waals surface area contributed by atoms with E-state index < -0.39 is 4.92 Å². The van der Waals surface area contributed by atoms with E-state index in [1.165, 1.54) is 23.0 Å². The zero-order chi connectivity index (χ0) is 14.0. The van der Waals surface area contributed by atoms with Gasteiger partial charge in [0.15, 0.2) is 0 Å². The highest BCUT2D eigenvalue weighted by Crippen LogP contribution is 2.26. The summed E-state index contributed by atoms with van der Waals surface area (Å²) in [6.07, 6.45) is 1.37. The summed E-state index contributed by atoms with van der Waals surface area (Å²) in [6, 6.07) is 5.77. The first kappa shape index (κ1) is 13.0. The Bertz CT molecular complexity index is 594. The molecule has 0 fully saturated rings. The number of aryl methyl sites for hydroxylation is 1. The van der Waals surface area contributed by atoms with Crippen LogP contribution in [0.5, 0.6) is 0 Å². The maximum Gasteiger partial charge on any atom is 0.406 e. The Kier molecular flexibility index (Phi) is 3.46. The molecule has 1 heterocycles. The molecule has 2 aromatic rings. The quantitative estimate of drug-likeness (QED) is 0.680. The Morgan fingerprint density at radius 3 is 2.63 bits per heavy atom. The van der Waals surface area contributed by atoms with Gasteiger partial charge in [0.1, 0.15) is 5.82 Å². The summed E-state index contributed by atoms with van der Waals surface area (Å²) in [5.41, 5.74) is 0.830. The Hall–Kier alpha value is -2.44. The predicted molar refractivity (Wildman–Crippen MR) is 68.3 cm³/mol. The number of imidazole rings is 1. The van der Waals surface area contributed by atoms with Crippen LogP contribution in [0.1, 0.15) is 18.5 Å². The molecule has 6 nitrogen and oxygen atoms in total. The zero-order valence-electron chi connectivity index (χ0n) is 10.5. The molecule has 0 bridgehead atoms. The van der Waals surface area contributed by atoms with E-state index in [0.29, 0.717) is 5.82 Å². The van der Waals surface area contributed by atoms with Gasteiger partial charge >= 0.3 is 5.82 Å². The average Bonchev–Trinajstić information content (AvgIpc) is 2.72. The maximum absolute atomic E-state index is 12.8. The van der Waals surface area contributed by atoms with Gasteiger partial charge in [-0.3, -0.25) is 4.57 Å². The normalized spacial score (nSPS) is 12.2. The fourth-order valence-corrected chi connectivity index (χ4v) is 1.76. The van der Waals surface area contributed by atoms with E-state index in [0.717, 1.165) is 5.56 Å². The SMILES string of the molecule is CC(Nc1c([N+](=O)[O-])ncn1C)c1ccc(F)cc1. The van der Waals surface area contributed by atoms with Crippen molar-refractivity contribution in [3.8, 4) is 0 Å². The summed E-state index contributed by atoms with van der Waals surface area (Å²) in [5.74, 6) is -0.222. The Balaban J connectivity index is 2.23. The molecular formula is C12H13FN4O2. The van der Waals surface area contributed by atoms with Crippen molar-refractivity contribution < 1.29 is 9.31 Å². The van der Waals surface area contributed by atoms with Gasteiger partial charge in [-0.1, -0.05) is 12.1 Å². The van der Waals surface area contributed by atoms with Crippen molar-refractivity contribution in [1.29, 1.82) is 0 Å². The van der Waals surface area contributed by atoms with Gasteiger partial charge in [0.05, 0.1) is 6.04 Å². The number of halogens is 1. The molecule has 2 rings (SSSR count). The number of benzene rings is 1. The summed E-state index contributed by atoms with van der Waals surface area (Å²) >= 11 is 0. The highest BCUT2D eigenvalue weighted by Gasteiger charge is 2.21. The van der Waals surface area contributed by atoms with Crippen LogP contribution in [0.25, 0.3) is 0 Å². The average molecular weight is 264 g/mol. The third-order valence-electron chi connectivity index (χ3n) is 2.81. The lowest BCUT2D eigenvalue weighted by atomic mass is 10.1. The summed E-state index contributed by atoms with van der Waals surface area (Å²) in [6.45, 7) is 1.84. The van der Waals surface area contributed by atoms with Gasteiger partial charge in [-0.15, -0.1) is 0 Å². The number of anilines is 1. The van der Waals surface area contributed by atoms with Crippen molar-refractivity contribution in [3.05, 3.63) is 52.1 Å². The molecule has 100 valence electrons. The molecule has 1 N–H and O–H groups in total. The van der Waals surface area contributed by atoms with E-state index in [9.17, 15) is 14.5 Å². The van der Waals surface area contributed by atoms with Crippen molar-refractivity contribution in [2.75, 3.05) is 5.32 Å². The van der Waals surface area contributed by atoms with Gasteiger partial charge < -0.3 is 15.4 Å². The minimum atomic E-state index is -0.542. The molecule has 1 aromatic carbocycles. The summed E-state index contributed by atoms with van der Waals surface area (Å²) in [7, 11) is 1.67. The Morgan fingerprint density at radius 1 is 1.42 bits per heavy atom. The van der Waals surface area contributed by atoms with Crippen LogP contribution in [-0.4, -0.2) is 14.5 Å². The van der Waals surface area contributed by atoms with E-state index in [1.54, 1.807) is 19.2 Å². The number of rotatable bonds is 4. The number of nitrogens with one attached hydrogen (secondary N) is 1. The largest absolute Gasteiger partial charge is 0.406 e. The summed E-state index contributed by atoms with van der Waals surface area (Å²) in [5, 5.41) is 13.9. The summed E-state index contributed by atoms with van der Waals surface area (Å²) < 4.78 is 14.4. The smallest absolute Gasteiger partial charge is 0.358 e. The molecule has 0 amide bonds. The fraction of sp³-hybridized carbons (Fsp3) is 0.250. The van der Waals surface area contributed by atoms with Gasteiger partial charge in [0, 0.05) is 7.05 Å². The van der Waals surface area contributed by atoms with Gasteiger partial charge in [-0.05, 0) is 34.5 Å². The standard InChI is InChI=1S/C12H13FN4O2/c1-8(9-3-5-10(13)6-4-9)15-12-11(17(18)19)14-7-16(12)2/h3-8,15H,1-2H3. The first-order valence-corrected chi connectivity index (χ1v) is 5.66. The van der Waals surface area contributed by atoms with Crippen LogP contribution in [0.2, 0.25) is 0 Å².